The molecule has 0 unspecified atom stereocenters. The summed E-state index contributed by atoms with van der Waals surface area (Å²) in [7, 11) is 0. The van der Waals surface area contributed by atoms with Gasteiger partial charge in [-0.25, -0.2) is 4.98 Å². The molecule has 0 saturated heterocycles. The third kappa shape index (κ3) is 6.70. The highest BCUT2D eigenvalue weighted by Crippen LogP contribution is 2.26. The Morgan fingerprint density at radius 3 is 2.55 bits per heavy atom. The second kappa shape index (κ2) is 7.98. The molecule has 2 nitrogen and oxygen atoms in total. The number of nitrogens with zero attached hydrogens (tertiary/aromatic N) is 1. The van der Waals surface area contributed by atoms with Gasteiger partial charge in [0.2, 0.25) is 0 Å². The van der Waals surface area contributed by atoms with Gasteiger partial charge < -0.3 is 5.32 Å². The maximum Gasteiger partial charge on any atom is 0.389 e. The number of aryl methyl sites for hydroxylation is 1. The van der Waals surface area contributed by atoms with Crippen LogP contribution < -0.4 is 5.32 Å². The number of aromatic nitrogens is 1. The highest BCUT2D eigenvalue weighted by Gasteiger charge is 2.27. The summed E-state index contributed by atoms with van der Waals surface area (Å²) < 4.78 is 36.8. The fourth-order valence-corrected chi connectivity index (χ4v) is 2.92. The Balaban J connectivity index is 2.71. The molecule has 1 aromatic rings. The number of hydrogen-bond donors (Lipinski definition) is 1. The topological polar surface area (TPSA) is 24.9 Å². The van der Waals surface area contributed by atoms with Crippen molar-refractivity contribution in [3.05, 3.63) is 15.6 Å². The van der Waals surface area contributed by atoms with Crippen LogP contribution in [0.1, 0.15) is 49.2 Å². The summed E-state index contributed by atoms with van der Waals surface area (Å²) in [4.78, 5) is 5.50. The van der Waals surface area contributed by atoms with Crippen molar-refractivity contribution < 1.29 is 13.2 Å². The van der Waals surface area contributed by atoms with Crippen LogP contribution in [0.15, 0.2) is 0 Å². The smallest absolute Gasteiger partial charge is 0.312 e. The Bertz CT molecular complexity index is 400. The van der Waals surface area contributed by atoms with E-state index in [9.17, 15) is 13.2 Å². The maximum atomic E-state index is 12.3. The molecule has 0 aliphatic rings. The average molecular weight is 308 g/mol. The first-order chi connectivity index (χ1) is 9.31. The van der Waals surface area contributed by atoms with Crippen LogP contribution in [0.3, 0.4) is 0 Å². The van der Waals surface area contributed by atoms with Crippen molar-refractivity contribution >= 4 is 11.3 Å². The Morgan fingerprint density at radius 1 is 1.30 bits per heavy atom. The second-order valence-corrected chi connectivity index (χ2v) is 6.54. The molecule has 0 amide bonds. The van der Waals surface area contributed by atoms with E-state index in [0.717, 1.165) is 30.0 Å². The van der Waals surface area contributed by atoms with E-state index in [0.29, 0.717) is 17.5 Å². The highest BCUT2D eigenvalue weighted by molar-refractivity contribution is 7.11. The van der Waals surface area contributed by atoms with E-state index in [2.05, 4.69) is 31.1 Å². The van der Waals surface area contributed by atoms with Gasteiger partial charge >= 0.3 is 6.18 Å². The molecule has 0 radical (unpaired) electrons. The Labute approximate surface area is 122 Å². The van der Waals surface area contributed by atoms with Crippen molar-refractivity contribution in [2.75, 3.05) is 6.54 Å². The predicted octanol–water partition coefficient (Wildman–Crippen LogP) is 4.34. The molecule has 0 atom stereocenters. The van der Waals surface area contributed by atoms with E-state index in [1.54, 1.807) is 0 Å². The monoisotopic (exact) mass is 308 g/mol. The molecule has 0 saturated carbocycles. The normalized spacial score (nSPS) is 12.3. The molecule has 116 valence electrons. The summed E-state index contributed by atoms with van der Waals surface area (Å²) >= 11 is 1.42. The quantitative estimate of drug-likeness (QED) is 0.723. The fourth-order valence-electron chi connectivity index (χ4n) is 1.86. The van der Waals surface area contributed by atoms with Gasteiger partial charge in [0.1, 0.15) is 0 Å². The summed E-state index contributed by atoms with van der Waals surface area (Å²) in [6.45, 7) is 7.90. The van der Waals surface area contributed by atoms with E-state index in [-0.39, 0.29) is 6.42 Å². The van der Waals surface area contributed by atoms with Crippen LogP contribution in [-0.4, -0.2) is 17.7 Å². The molecule has 1 heterocycles. The highest BCUT2D eigenvalue weighted by atomic mass is 32.1. The maximum absolute atomic E-state index is 12.3. The van der Waals surface area contributed by atoms with Gasteiger partial charge in [-0.3, -0.25) is 0 Å². The average Bonchev–Trinajstić information content (AvgIpc) is 2.68. The van der Waals surface area contributed by atoms with Gasteiger partial charge in [0.05, 0.1) is 10.7 Å². The van der Waals surface area contributed by atoms with Gasteiger partial charge in [-0.05, 0) is 25.3 Å². The standard InChI is InChI=1S/C14H23F3N2S/c1-4-7-18-9-12-11(8-10(2)3)19-13(20-12)5-6-14(15,16)17/h10,18H,4-9H2,1-3H3. The van der Waals surface area contributed by atoms with Crippen LogP contribution in [0.5, 0.6) is 0 Å². The molecule has 0 fully saturated rings. The van der Waals surface area contributed by atoms with Gasteiger partial charge in [-0.1, -0.05) is 20.8 Å². The molecule has 0 aliphatic carbocycles. The minimum absolute atomic E-state index is 0.00691. The van der Waals surface area contributed by atoms with E-state index in [4.69, 9.17) is 0 Å². The lowest BCUT2D eigenvalue weighted by molar-refractivity contribution is -0.134. The van der Waals surface area contributed by atoms with Crippen LogP contribution in [0.4, 0.5) is 13.2 Å². The van der Waals surface area contributed by atoms with Crippen LogP contribution in [0.2, 0.25) is 0 Å². The minimum atomic E-state index is -4.11. The molecule has 1 aromatic heterocycles. The third-order valence-corrected chi connectivity index (χ3v) is 3.92. The summed E-state index contributed by atoms with van der Waals surface area (Å²) in [6, 6.07) is 0. The molecular formula is C14H23F3N2S. The third-order valence-electron chi connectivity index (χ3n) is 2.76. The number of hydrogen-bond acceptors (Lipinski definition) is 3. The second-order valence-electron chi connectivity index (χ2n) is 5.37. The van der Waals surface area contributed by atoms with Crippen LogP contribution in [0.25, 0.3) is 0 Å². The number of halogens is 3. The van der Waals surface area contributed by atoms with Gasteiger partial charge in [0.25, 0.3) is 0 Å². The van der Waals surface area contributed by atoms with Crippen molar-refractivity contribution in [3.63, 3.8) is 0 Å². The van der Waals surface area contributed by atoms with Crippen molar-refractivity contribution in [3.8, 4) is 0 Å². The van der Waals surface area contributed by atoms with E-state index in [1.165, 1.54) is 11.3 Å². The van der Waals surface area contributed by atoms with Crippen LogP contribution in [0, 0.1) is 5.92 Å². The van der Waals surface area contributed by atoms with Crippen molar-refractivity contribution in [2.45, 2.75) is 59.2 Å². The number of thiazole rings is 1. The van der Waals surface area contributed by atoms with Crippen molar-refractivity contribution in [1.29, 1.82) is 0 Å². The number of rotatable bonds is 8. The fraction of sp³-hybridized carbons (Fsp3) is 0.786. The Kier molecular flexibility index (Phi) is 6.95. The van der Waals surface area contributed by atoms with E-state index in [1.807, 2.05) is 0 Å². The number of nitrogens with one attached hydrogen (secondary N) is 1. The number of alkyl halides is 3. The Morgan fingerprint density at radius 2 is 2.00 bits per heavy atom. The first kappa shape index (κ1) is 17.4. The molecule has 0 aliphatic heterocycles. The molecule has 6 heteroatoms. The minimum Gasteiger partial charge on any atom is -0.312 e. The van der Waals surface area contributed by atoms with Gasteiger partial charge in [0.15, 0.2) is 0 Å². The van der Waals surface area contributed by atoms with Gasteiger partial charge in [-0.2, -0.15) is 13.2 Å². The van der Waals surface area contributed by atoms with E-state index < -0.39 is 12.6 Å². The summed E-state index contributed by atoms with van der Waals surface area (Å²) in [5.41, 5.74) is 0.964. The lowest BCUT2D eigenvalue weighted by Crippen LogP contribution is -2.14. The predicted molar refractivity (Wildman–Crippen MR) is 77.0 cm³/mol. The molecule has 0 aromatic carbocycles. The molecule has 20 heavy (non-hydrogen) atoms. The zero-order valence-corrected chi connectivity index (χ0v) is 13.1. The first-order valence-electron chi connectivity index (χ1n) is 7.06. The Hall–Kier alpha value is -0.620. The summed E-state index contributed by atoms with van der Waals surface area (Å²) in [6.07, 6.45) is -3.04. The largest absolute Gasteiger partial charge is 0.389 e. The lowest BCUT2D eigenvalue weighted by Gasteiger charge is -2.05. The zero-order chi connectivity index (χ0) is 15.2. The summed E-state index contributed by atoms with van der Waals surface area (Å²) in [5.74, 6) is 0.456. The SMILES string of the molecule is CCCNCc1sc(CCC(F)(F)F)nc1CC(C)C. The van der Waals surface area contributed by atoms with Crippen molar-refractivity contribution in [1.82, 2.24) is 10.3 Å². The lowest BCUT2D eigenvalue weighted by atomic mass is 10.1. The van der Waals surface area contributed by atoms with Gasteiger partial charge in [-0.15, -0.1) is 11.3 Å². The zero-order valence-electron chi connectivity index (χ0n) is 12.3. The summed E-state index contributed by atoms with van der Waals surface area (Å²) in [5, 5.41) is 3.90. The van der Waals surface area contributed by atoms with Gasteiger partial charge in [0, 0.05) is 24.3 Å². The van der Waals surface area contributed by atoms with Crippen LogP contribution >= 0.6 is 11.3 Å². The molecule has 0 spiro atoms. The van der Waals surface area contributed by atoms with E-state index >= 15 is 0 Å². The molecule has 0 bridgehead atoms. The van der Waals surface area contributed by atoms with Crippen molar-refractivity contribution in [2.24, 2.45) is 5.92 Å². The molecule has 1 rings (SSSR count). The first-order valence-corrected chi connectivity index (χ1v) is 7.88. The molecule has 1 N–H and O–H groups in total. The molecular weight excluding hydrogens is 285 g/mol. The van der Waals surface area contributed by atoms with Crippen LogP contribution in [-0.2, 0) is 19.4 Å².